The Balaban J connectivity index is 1.82. The maximum atomic E-state index is 6.20. The lowest BCUT2D eigenvalue weighted by Crippen LogP contribution is -2.58. The number of anilines is 1. The monoisotopic (exact) mass is 326 g/mol. The Morgan fingerprint density at radius 3 is 3.11 bits per heavy atom. The zero-order chi connectivity index (χ0) is 13.3. The molecular formula is C14H19BrN2O2. The van der Waals surface area contributed by atoms with Crippen LogP contribution in [0.3, 0.4) is 0 Å². The topological polar surface area (TPSA) is 34.6 Å². The molecular weight excluding hydrogens is 308 g/mol. The molecule has 3 rings (SSSR count). The first kappa shape index (κ1) is 13.3. The summed E-state index contributed by atoms with van der Waals surface area (Å²) in [7, 11) is 0. The summed E-state index contributed by atoms with van der Waals surface area (Å²) in [5, 5.41) is 0. The number of hydrogen-bond acceptors (Lipinski definition) is 4. The Bertz CT molecular complexity index is 449. The first-order chi connectivity index (χ1) is 9.17. The van der Waals surface area contributed by atoms with E-state index in [4.69, 9.17) is 9.47 Å². The standard InChI is InChI=1S/C14H19BrN2O2/c1-11-8-17(13-5-12(15)6-16-7-13)9-14(19-11)3-2-4-18-10-14/h5-7,11H,2-4,8-10H2,1H3/t11-,14+/m1/s1. The van der Waals surface area contributed by atoms with E-state index in [2.05, 4.69) is 38.8 Å². The van der Waals surface area contributed by atoms with Crippen molar-refractivity contribution < 1.29 is 9.47 Å². The molecule has 4 nitrogen and oxygen atoms in total. The molecule has 0 amide bonds. The van der Waals surface area contributed by atoms with Gasteiger partial charge in [-0.1, -0.05) is 0 Å². The van der Waals surface area contributed by atoms with Crippen LogP contribution in [-0.4, -0.2) is 43.0 Å². The maximum absolute atomic E-state index is 6.20. The average Bonchev–Trinajstić information content (AvgIpc) is 2.38. The predicted molar refractivity (Wildman–Crippen MR) is 77.5 cm³/mol. The summed E-state index contributed by atoms with van der Waals surface area (Å²) in [6.07, 6.45) is 6.11. The van der Waals surface area contributed by atoms with Gasteiger partial charge >= 0.3 is 0 Å². The van der Waals surface area contributed by atoms with Crippen LogP contribution in [0.1, 0.15) is 19.8 Å². The van der Waals surface area contributed by atoms with Gasteiger partial charge in [-0.3, -0.25) is 4.98 Å². The van der Waals surface area contributed by atoms with Crippen molar-refractivity contribution in [1.82, 2.24) is 4.98 Å². The number of ether oxygens (including phenoxy) is 2. The lowest BCUT2D eigenvalue weighted by Gasteiger charge is -2.48. The zero-order valence-corrected chi connectivity index (χ0v) is 12.7. The fourth-order valence-corrected chi connectivity index (χ4v) is 3.39. The van der Waals surface area contributed by atoms with E-state index in [-0.39, 0.29) is 11.7 Å². The quantitative estimate of drug-likeness (QED) is 0.794. The van der Waals surface area contributed by atoms with Gasteiger partial charge in [0, 0.05) is 30.4 Å². The average molecular weight is 327 g/mol. The molecule has 2 atom stereocenters. The van der Waals surface area contributed by atoms with Gasteiger partial charge in [-0.15, -0.1) is 0 Å². The molecule has 1 spiro atoms. The molecule has 2 aliphatic rings. The number of pyridine rings is 1. The predicted octanol–water partition coefficient (Wildman–Crippen LogP) is 2.62. The van der Waals surface area contributed by atoms with E-state index in [1.165, 1.54) is 0 Å². The van der Waals surface area contributed by atoms with Crippen LogP contribution in [0.2, 0.25) is 0 Å². The molecule has 2 aliphatic heterocycles. The van der Waals surface area contributed by atoms with E-state index in [0.717, 1.165) is 42.7 Å². The van der Waals surface area contributed by atoms with E-state index in [0.29, 0.717) is 6.61 Å². The minimum absolute atomic E-state index is 0.141. The molecule has 0 radical (unpaired) electrons. The van der Waals surface area contributed by atoms with E-state index < -0.39 is 0 Å². The van der Waals surface area contributed by atoms with Crippen molar-refractivity contribution in [2.75, 3.05) is 31.2 Å². The van der Waals surface area contributed by atoms with Gasteiger partial charge in [0.1, 0.15) is 5.60 Å². The third-order valence-electron chi connectivity index (χ3n) is 3.75. The molecule has 0 saturated carbocycles. The Labute approximate surface area is 122 Å². The van der Waals surface area contributed by atoms with Crippen molar-refractivity contribution in [3.63, 3.8) is 0 Å². The first-order valence-electron chi connectivity index (χ1n) is 6.78. The van der Waals surface area contributed by atoms with Crippen LogP contribution in [0.5, 0.6) is 0 Å². The SMILES string of the molecule is C[C@@H]1CN(c2cncc(Br)c2)C[C@]2(CCCOC2)O1. The molecule has 1 aromatic rings. The maximum Gasteiger partial charge on any atom is 0.109 e. The second-order valence-corrected chi connectivity index (χ2v) is 6.43. The molecule has 0 unspecified atom stereocenters. The molecule has 0 aromatic carbocycles. The lowest BCUT2D eigenvalue weighted by molar-refractivity contribution is -0.160. The molecule has 104 valence electrons. The van der Waals surface area contributed by atoms with Crippen LogP contribution in [0.15, 0.2) is 22.9 Å². The van der Waals surface area contributed by atoms with E-state index in [1.54, 1.807) is 0 Å². The van der Waals surface area contributed by atoms with Crippen LogP contribution < -0.4 is 4.90 Å². The zero-order valence-electron chi connectivity index (χ0n) is 11.1. The summed E-state index contributed by atoms with van der Waals surface area (Å²) in [5.41, 5.74) is 1.01. The van der Waals surface area contributed by atoms with E-state index >= 15 is 0 Å². The first-order valence-corrected chi connectivity index (χ1v) is 7.57. The van der Waals surface area contributed by atoms with Gasteiger partial charge in [0.2, 0.25) is 0 Å². The minimum Gasteiger partial charge on any atom is -0.378 e. The highest BCUT2D eigenvalue weighted by Gasteiger charge is 2.41. The lowest BCUT2D eigenvalue weighted by atomic mass is 9.93. The van der Waals surface area contributed by atoms with E-state index in [9.17, 15) is 0 Å². The Kier molecular flexibility index (Phi) is 3.78. The van der Waals surface area contributed by atoms with Crippen molar-refractivity contribution in [3.8, 4) is 0 Å². The second-order valence-electron chi connectivity index (χ2n) is 5.51. The molecule has 2 saturated heterocycles. The van der Waals surface area contributed by atoms with Gasteiger partial charge in [-0.25, -0.2) is 0 Å². The van der Waals surface area contributed by atoms with Gasteiger partial charge in [0.25, 0.3) is 0 Å². The van der Waals surface area contributed by atoms with Gasteiger partial charge in [0.15, 0.2) is 0 Å². The van der Waals surface area contributed by atoms with Crippen LogP contribution in [0.25, 0.3) is 0 Å². The number of aromatic nitrogens is 1. The number of nitrogens with zero attached hydrogens (tertiary/aromatic N) is 2. The normalized spacial score (nSPS) is 31.7. The summed E-state index contributed by atoms with van der Waals surface area (Å²) in [6.45, 7) is 5.48. The Hall–Kier alpha value is -0.650. The molecule has 1 aromatic heterocycles. The molecule has 0 N–H and O–H groups in total. The highest BCUT2D eigenvalue weighted by atomic mass is 79.9. The number of morpholine rings is 1. The smallest absolute Gasteiger partial charge is 0.109 e. The molecule has 3 heterocycles. The molecule has 2 fully saturated rings. The van der Waals surface area contributed by atoms with Crippen LogP contribution in [-0.2, 0) is 9.47 Å². The number of halogens is 1. The van der Waals surface area contributed by atoms with Crippen LogP contribution >= 0.6 is 15.9 Å². The van der Waals surface area contributed by atoms with Gasteiger partial charge in [-0.2, -0.15) is 0 Å². The Morgan fingerprint density at radius 2 is 2.37 bits per heavy atom. The largest absolute Gasteiger partial charge is 0.378 e. The summed E-state index contributed by atoms with van der Waals surface area (Å²) in [4.78, 5) is 6.62. The number of rotatable bonds is 1. The molecule has 0 aliphatic carbocycles. The summed E-state index contributed by atoms with van der Waals surface area (Å²) in [6, 6.07) is 2.11. The highest BCUT2D eigenvalue weighted by Crippen LogP contribution is 2.32. The van der Waals surface area contributed by atoms with Crippen LogP contribution in [0.4, 0.5) is 5.69 Å². The van der Waals surface area contributed by atoms with Gasteiger partial charge in [0.05, 0.1) is 24.6 Å². The Morgan fingerprint density at radius 1 is 1.47 bits per heavy atom. The summed E-state index contributed by atoms with van der Waals surface area (Å²) < 4.78 is 12.9. The minimum atomic E-state index is -0.141. The molecule has 0 bridgehead atoms. The fraction of sp³-hybridized carbons (Fsp3) is 0.643. The second kappa shape index (κ2) is 5.38. The van der Waals surface area contributed by atoms with Crippen LogP contribution in [0, 0.1) is 0 Å². The number of hydrogen-bond donors (Lipinski definition) is 0. The van der Waals surface area contributed by atoms with Crippen molar-refractivity contribution in [2.24, 2.45) is 0 Å². The summed E-state index contributed by atoms with van der Waals surface area (Å²) in [5.74, 6) is 0. The molecule has 5 heteroatoms. The highest BCUT2D eigenvalue weighted by molar-refractivity contribution is 9.10. The van der Waals surface area contributed by atoms with Crippen molar-refractivity contribution in [3.05, 3.63) is 22.9 Å². The van der Waals surface area contributed by atoms with Gasteiger partial charge in [-0.05, 0) is 41.8 Å². The fourth-order valence-electron chi connectivity index (χ4n) is 3.04. The van der Waals surface area contributed by atoms with E-state index in [1.807, 2.05) is 12.4 Å². The van der Waals surface area contributed by atoms with Crippen molar-refractivity contribution in [2.45, 2.75) is 31.5 Å². The van der Waals surface area contributed by atoms with Gasteiger partial charge < -0.3 is 14.4 Å². The third-order valence-corrected chi connectivity index (χ3v) is 4.18. The van der Waals surface area contributed by atoms with Crippen molar-refractivity contribution >= 4 is 21.6 Å². The van der Waals surface area contributed by atoms with Crippen molar-refractivity contribution in [1.29, 1.82) is 0 Å². The third kappa shape index (κ3) is 2.93. The summed E-state index contributed by atoms with van der Waals surface area (Å²) >= 11 is 3.49. The molecule has 19 heavy (non-hydrogen) atoms.